The topological polar surface area (TPSA) is 77.2 Å². The van der Waals surface area contributed by atoms with Crippen LogP contribution in [0.3, 0.4) is 0 Å². The van der Waals surface area contributed by atoms with Gasteiger partial charge in [0.15, 0.2) is 0 Å². The van der Waals surface area contributed by atoms with Gasteiger partial charge in [-0.15, -0.1) is 11.3 Å². The van der Waals surface area contributed by atoms with Crippen molar-refractivity contribution in [2.75, 3.05) is 13.7 Å². The minimum absolute atomic E-state index is 0.241. The van der Waals surface area contributed by atoms with Crippen LogP contribution in [0, 0.1) is 0 Å². The minimum atomic E-state index is -0.264. The van der Waals surface area contributed by atoms with Crippen LogP contribution >= 0.6 is 22.9 Å². The first-order valence-corrected chi connectivity index (χ1v) is 7.60. The van der Waals surface area contributed by atoms with E-state index in [1.165, 1.54) is 11.3 Å². The number of hydrogen-bond acceptors (Lipinski definition) is 5. The first kappa shape index (κ1) is 15.9. The highest BCUT2D eigenvalue weighted by atomic mass is 35.5. The number of thiazole rings is 1. The molecule has 7 heteroatoms. The van der Waals surface area contributed by atoms with E-state index in [0.717, 1.165) is 10.6 Å². The van der Waals surface area contributed by atoms with E-state index in [-0.39, 0.29) is 12.0 Å². The summed E-state index contributed by atoms with van der Waals surface area (Å²) in [6.07, 6.45) is -0.264. The number of nitrogens with one attached hydrogen (secondary N) is 1. The van der Waals surface area contributed by atoms with E-state index >= 15 is 0 Å². The van der Waals surface area contributed by atoms with Crippen molar-refractivity contribution < 1.29 is 9.53 Å². The summed E-state index contributed by atoms with van der Waals surface area (Å²) in [5.41, 5.74) is 6.77. The first-order valence-electron chi connectivity index (χ1n) is 6.35. The second kappa shape index (κ2) is 7.51. The van der Waals surface area contributed by atoms with E-state index in [4.69, 9.17) is 22.1 Å². The van der Waals surface area contributed by atoms with Gasteiger partial charge in [-0.05, 0) is 17.7 Å². The van der Waals surface area contributed by atoms with Gasteiger partial charge in [-0.1, -0.05) is 23.7 Å². The Morgan fingerprint density at radius 3 is 3.00 bits per heavy atom. The fourth-order valence-electron chi connectivity index (χ4n) is 1.83. The van der Waals surface area contributed by atoms with E-state index < -0.39 is 0 Å². The molecule has 3 N–H and O–H groups in total. The summed E-state index contributed by atoms with van der Waals surface area (Å²) in [6, 6.07) is 7.36. The summed E-state index contributed by atoms with van der Waals surface area (Å²) < 4.78 is 5.39. The maximum Gasteiger partial charge on any atom is 0.270 e. The number of ether oxygens (including phenoxy) is 1. The predicted molar refractivity (Wildman–Crippen MR) is 83.5 cm³/mol. The SMILES string of the molecule is COC(CNC(=O)c1csc(CN)n1)c1cccc(Cl)c1. The van der Waals surface area contributed by atoms with Gasteiger partial charge in [-0.3, -0.25) is 4.79 Å². The van der Waals surface area contributed by atoms with E-state index in [1.54, 1.807) is 18.6 Å². The Morgan fingerprint density at radius 1 is 1.57 bits per heavy atom. The summed E-state index contributed by atoms with van der Waals surface area (Å²) in [6.45, 7) is 0.673. The van der Waals surface area contributed by atoms with Crippen LogP contribution in [0.4, 0.5) is 0 Å². The molecule has 1 aromatic carbocycles. The van der Waals surface area contributed by atoms with Gasteiger partial charge in [0, 0.05) is 30.6 Å². The number of carbonyl (C=O) groups excluding carboxylic acids is 1. The van der Waals surface area contributed by atoms with Crippen LogP contribution in [-0.2, 0) is 11.3 Å². The van der Waals surface area contributed by atoms with Crippen molar-refractivity contribution in [3.05, 3.63) is 50.9 Å². The number of rotatable bonds is 6. The molecule has 0 bridgehead atoms. The Morgan fingerprint density at radius 2 is 2.38 bits per heavy atom. The normalized spacial score (nSPS) is 12.1. The number of benzene rings is 1. The molecule has 0 radical (unpaired) electrons. The van der Waals surface area contributed by atoms with Gasteiger partial charge in [0.25, 0.3) is 5.91 Å². The largest absolute Gasteiger partial charge is 0.375 e. The van der Waals surface area contributed by atoms with Crippen LogP contribution in [0.1, 0.15) is 27.2 Å². The maximum atomic E-state index is 12.0. The number of hydrogen-bond donors (Lipinski definition) is 2. The molecule has 0 saturated carbocycles. The van der Waals surface area contributed by atoms with Crippen molar-refractivity contribution >= 4 is 28.8 Å². The Labute approximate surface area is 132 Å². The van der Waals surface area contributed by atoms with Crippen molar-refractivity contribution in [1.29, 1.82) is 0 Å². The fourth-order valence-corrected chi connectivity index (χ4v) is 2.68. The molecule has 0 aliphatic heterocycles. The number of carbonyl (C=O) groups is 1. The molecule has 2 aromatic rings. The van der Waals surface area contributed by atoms with Crippen molar-refractivity contribution in [3.63, 3.8) is 0 Å². The molecule has 2 rings (SSSR count). The van der Waals surface area contributed by atoms with Gasteiger partial charge < -0.3 is 15.8 Å². The van der Waals surface area contributed by atoms with E-state index in [2.05, 4.69) is 10.3 Å². The lowest BCUT2D eigenvalue weighted by molar-refractivity contribution is 0.0824. The molecule has 0 aliphatic rings. The Bertz CT molecular complexity index is 618. The van der Waals surface area contributed by atoms with Crippen LogP contribution in [0.25, 0.3) is 0 Å². The zero-order chi connectivity index (χ0) is 15.2. The Balaban J connectivity index is 1.98. The lowest BCUT2D eigenvalue weighted by Gasteiger charge is -2.16. The molecule has 21 heavy (non-hydrogen) atoms. The van der Waals surface area contributed by atoms with Crippen LogP contribution in [0.15, 0.2) is 29.6 Å². The van der Waals surface area contributed by atoms with Crippen LogP contribution in [0.5, 0.6) is 0 Å². The monoisotopic (exact) mass is 325 g/mol. The molecule has 5 nitrogen and oxygen atoms in total. The highest BCUT2D eigenvalue weighted by Crippen LogP contribution is 2.20. The average molecular weight is 326 g/mol. The second-order valence-corrected chi connectivity index (χ2v) is 5.70. The molecular weight excluding hydrogens is 310 g/mol. The van der Waals surface area contributed by atoms with Crippen molar-refractivity contribution in [2.24, 2.45) is 5.73 Å². The fraction of sp³-hybridized carbons (Fsp3) is 0.286. The van der Waals surface area contributed by atoms with Gasteiger partial charge in [0.2, 0.25) is 0 Å². The van der Waals surface area contributed by atoms with Crippen LogP contribution in [-0.4, -0.2) is 24.5 Å². The lowest BCUT2D eigenvalue weighted by atomic mass is 10.1. The predicted octanol–water partition coefficient (Wildman–Crippen LogP) is 2.37. The number of nitrogens with zero attached hydrogens (tertiary/aromatic N) is 1. The van der Waals surface area contributed by atoms with Crippen molar-refractivity contribution in [3.8, 4) is 0 Å². The highest BCUT2D eigenvalue weighted by molar-refractivity contribution is 7.09. The average Bonchev–Trinajstić information content (AvgIpc) is 2.97. The zero-order valence-corrected chi connectivity index (χ0v) is 13.1. The summed E-state index contributed by atoms with van der Waals surface area (Å²) in [7, 11) is 1.59. The third-order valence-corrected chi connectivity index (χ3v) is 4.02. The number of halogens is 1. The molecule has 1 unspecified atom stereocenters. The van der Waals surface area contributed by atoms with Gasteiger partial charge in [0.1, 0.15) is 10.7 Å². The molecule has 0 saturated heterocycles. The van der Waals surface area contributed by atoms with E-state index in [9.17, 15) is 4.79 Å². The van der Waals surface area contributed by atoms with Crippen LogP contribution < -0.4 is 11.1 Å². The first-order chi connectivity index (χ1) is 10.1. The standard InChI is InChI=1S/C14H16ClN3O2S/c1-20-12(9-3-2-4-10(15)5-9)7-17-14(19)11-8-21-13(6-16)18-11/h2-5,8,12H,6-7,16H2,1H3,(H,17,19). The summed E-state index contributed by atoms with van der Waals surface area (Å²) in [5, 5.41) is 5.86. The quantitative estimate of drug-likeness (QED) is 0.854. The minimum Gasteiger partial charge on any atom is -0.375 e. The van der Waals surface area contributed by atoms with Gasteiger partial charge >= 0.3 is 0 Å². The lowest BCUT2D eigenvalue weighted by Crippen LogP contribution is -2.29. The third-order valence-electron chi connectivity index (χ3n) is 2.91. The second-order valence-electron chi connectivity index (χ2n) is 4.32. The maximum absolute atomic E-state index is 12.0. The molecule has 0 spiro atoms. The van der Waals surface area contributed by atoms with E-state index in [0.29, 0.717) is 23.8 Å². The zero-order valence-electron chi connectivity index (χ0n) is 11.5. The molecule has 0 aliphatic carbocycles. The van der Waals surface area contributed by atoms with E-state index in [1.807, 2.05) is 18.2 Å². The number of nitrogens with two attached hydrogens (primary N) is 1. The summed E-state index contributed by atoms with van der Waals surface area (Å²) >= 11 is 7.33. The van der Waals surface area contributed by atoms with Gasteiger partial charge in [-0.2, -0.15) is 0 Å². The molecule has 1 amide bonds. The highest BCUT2D eigenvalue weighted by Gasteiger charge is 2.15. The number of amides is 1. The summed E-state index contributed by atoms with van der Waals surface area (Å²) in [5.74, 6) is -0.241. The Hall–Kier alpha value is -1.47. The molecule has 1 aromatic heterocycles. The molecule has 1 atom stereocenters. The molecule has 0 fully saturated rings. The van der Waals surface area contributed by atoms with Crippen molar-refractivity contribution in [2.45, 2.75) is 12.6 Å². The molecule has 1 heterocycles. The van der Waals surface area contributed by atoms with Gasteiger partial charge in [-0.25, -0.2) is 4.98 Å². The smallest absolute Gasteiger partial charge is 0.270 e. The number of aromatic nitrogens is 1. The third kappa shape index (κ3) is 4.25. The molecular formula is C14H16ClN3O2S. The molecule has 112 valence electrons. The van der Waals surface area contributed by atoms with Crippen LogP contribution in [0.2, 0.25) is 5.02 Å². The Kier molecular flexibility index (Phi) is 5.69. The van der Waals surface area contributed by atoms with Crippen molar-refractivity contribution in [1.82, 2.24) is 10.3 Å². The number of methoxy groups -OCH3 is 1. The van der Waals surface area contributed by atoms with Gasteiger partial charge in [0.05, 0.1) is 6.10 Å². The summed E-state index contributed by atoms with van der Waals surface area (Å²) in [4.78, 5) is 16.1.